The average Bonchev–Trinajstić information content (AvgIpc) is 2.60. The summed E-state index contributed by atoms with van der Waals surface area (Å²) in [4.78, 5) is 12.4. The van der Waals surface area contributed by atoms with Gasteiger partial charge in [0, 0.05) is 18.2 Å². The minimum absolute atomic E-state index is 0.0885. The van der Waals surface area contributed by atoms with Crippen molar-refractivity contribution in [2.24, 2.45) is 0 Å². The van der Waals surface area contributed by atoms with Crippen molar-refractivity contribution in [2.45, 2.75) is 30.5 Å². The highest BCUT2D eigenvalue weighted by Gasteiger charge is 2.15. The molecule has 2 aromatic carbocycles. The fraction of sp³-hybridized carbons (Fsp3) is 0.316. The van der Waals surface area contributed by atoms with Crippen LogP contribution in [-0.2, 0) is 15.6 Å². The maximum absolute atomic E-state index is 12.5. The van der Waals surface area contributed by atoms with Gasteiger partial charge >= 0.3 is 0 Å². The van der Waals surface area contributed by atoms with Crippen LogP contribution in [0.3, 0.4) is 0 Å². The molecule has 0 saturated carbocycles. The highest BCUT2D eigenvalue weighted by Crippen LogP contribution is 2.17. The van der Waals surface area contributed by atoms with E-state index in [-0.39, 0.29) is 17.7 Å². The van der Waals surface area contributed by atoms with Crippen LogP contribution in [-0.4, -0.2) is 34.0 Å². The first kappa shape index (κ1) is 19.1. The maximum Gasteiger partial charge on any atom is 0.251 e. The summed E-state index contributed by atoms with van der Waals surface area (Å²) in [7, 11) is -1.56. The molecule has 0 fully saturated rings. The summed E-state index contributed by atoms with van der Waals surface area (Å²) in [5.41, 5.74) is 2.18. The van der Waals surface area contributed by atoms with Crippen LogP contribution in [0.25, 0.3) is 0 Å². The topological polar surface area (TPSA) is 75.3 Å². The Balaban J connectivity index is 2.04. The Hall–Kier alpha value is -2.18. The highest BCUT2D eigenvalue weighted by molar-refractivity contribution is 7.90. The SMILES string of the molecule is CNC(C)CNC(=O)c1ccc(CS(=O)(=O)c2ccc(C)cc2)cc1. The molecule has 0 aliphatic rings. The summed E-state index contributed by atoms with van der Waals surface area (Å²) in [6, 6.07) is 13.7. The third kappa shape index (κ3) is 5.41. The van der Waals surface area contributed by atoms with E-state index in [1.807, 2.05) is 20.9 Å². The summed E-state index contributed by atoms with van der Waals surface area (Å²) < 4.78 is 24.9. The molecule has 1 unspecified atom stereocenters. The van der Waals surface area contributed by atoms with E-state index in [2.05, 4.69) is 10.6 Å². The highest BCUT2D eigenvalue weighted by atomic mass is 32.2. The van der Waals surface area contributed by atoms with Crippen molar-refractivity contribution in [2.75, 3.05) is 13.6 Å². The standard InChI is InChI=1S/C19H24N2O3S/c1-14-4-10-18(11-5-14)25(23,24)13-16-6-8-17(9-7-16)19(22)21-12-15(2)20-3/h4-11,15,20H,12-13H2,1-3H3,(H,21,22). The second kappa shape index (κ2) is 8.27. The number of sulfone groups is 1. The molecule has 2 aromatic rings. The number of rotatable bonds is 7. The summed E-state index contributed by atoms with van der Waals surface area (Å²) in [6.07, 6.45) is 0. The molecule has 25 heavy (non-hydrogen) atoms. The number of amides is 1. The minimum atomic E-state index is -3.40. The summed E-state index contributed by atoms with van der Waals surface area (Å²) in [5, 5.41) is 5.87. The number of hydrogen-bond donors (Lipinski definition) is 2. The molecular formula is C19H24N2O3S. The van der Waals surface area contributed by atoms with Gasteiger partial charge in [0.25, 0.3) is 5.91 Å². The Kier molecular flexibility index (Phi) is 6.33. The van der Waals surface area contributed by atoms with Gasteiger partial charge in [-0.05, 0) is 50.7 Å². The van der Waals surface area contributed by atoms with Crippen molar-refractivity contribution in [3.05, 3.63) is 65.2 Å². The Labute approximate surface area is 149 Å². The molecule has 0 heterocycles. The first-order chi connectivity index (χ1) is 11.8. The monoisotopic (exact) mass is 360 g/mol. The normalized spacial score (nSPS) is 12.6. The van der Waals surface area contributed by atoms with Crippen LogP contribution in [0.1, 0.15) is 28.4 Å². The summed E-state index contributed by atoms with van der Waals surface area (Å²) in [6.45, 7) is 4.41. The second-order valence-electron chi connectivity index (χ2n) is 6.17. The molecule has 0 aromatic heterocycles. The number of carbonyl (C=O) groups is 1. The van der Waals surface area contributed by atoms with Crippen LogP contribution in [0.5, 0.6) is 0 Å². The molecule has 0 saturated heterocycles. The van der Waals surface area contributed by atoms with Gasteiger partial charge in [-0.1, -0.05) is 29.8 Å². The smallest absolute Gasteiger partial charge is 0.251 e. The second-order valence-corrected chi connectivity index (χ2v) is 8.16. The number of hydrogen-bond acceptors (Lipinski definition) is 4. The molecule has 2 rings (SSSR count). The van der Waals surface area contributed by atoms with E-state index in [1.54, 1.807) is 48.5 Å². The number of aryl methyl sites for hydroxylation is 1. The number of benzene rings is 2. The third-order valence-corrected chi connectivity index (χ3v) is 5.72. The Morgan fingerprint density at radius 3 is 2.20 bits per heavy atom. The van der Waals surface area contributed by atoms with Crippen LogP contribution >= 0.6 is 0 Å². The van der Waals surface area contributed by atoms with Gasteiger partial charge in [-0.3, -0.25) is 4.79 Å². The Bertz CT molecular complexity index is 813. The van der Waals surface area contributed by atoms with Crippen molar-refractivity contribution < 1.29 is 13.2 Å². The zero-order valence-corrected chi connectivity index (χ0v) is 15.6. The van der Waals surface area contributed by atoms with Gasteiger partial charge < -0.3 is 10.6 Å². The lowest BCUT2D eigenvalue weighted by Gasteiger charge is -2.11. The molecule has 134 valence electrons. The number of carbonyl (C=O) groups excluding carboxylic acids is 1. The number of likely N-dealkylation sites (N-methyl/N-ethyl adjacent to an activating group) is 1. The number of nitrogens with one attached hydrogen (secondary N) is 2. The first-order valence-corrected chi connectivity index (χ1v) is 9.81. The molecule has 2 N–H and O–H groups in total. The predicted octanol–water partition coefficient (Wildman–Crippen LogP) is 2.31. The van der Waals surface area contributed by atoms with Gasteiger partial charge in [-0.2, -0.15) is 0 Å². The zero-order chi connectivity index (χ0) is 18.4. The predicted molar refractivity (Wildman–Crippen MR) is 99.4 cm³/mol. The third-order valence-electron chi connectivity index (χ3n) is 4.01. The largest absolute Gasteiger partial charge is 0.350 e. The van der Waals surface area contributed by atoms with Gasteiger partial charge in [0.1, 0.15) is 0 Å². The van der Waals surface area contributed by atoms with Crippen molar-refractivity contribution >= 4 is 15.7 Å². The Morgan fingerprint density at radius 1 is 1.04 bits per heavy atom. The van der Waals surface area contributed by atoms with Crippen LogP contribution in [0.2, 0.25) is 0 Å². The zero-order valence-electron chi connectivity index (χ0n) is 14.7. The quantitative estimate of drug-likeness (QED) is 0.794. The van der Waals surface area contributed by atoms with Crippen LogP contribution in [0.15, 0.2) is 53.4 Å². The van der Waals surface area contributed by atoms with Crippen LogP contribution in [0.4, 0.5) is 0 Å². The lowest BCUT2D eigenvalue weighted by atomic mass is 10.1. The van der Waals surface area contributed by atoms with Crippen molar-refractivity contribution in [3.63, 3.8) is 0 Å². The van der Waals surface area contributed by atoms with Crippen molar-refractivity contribution in [3.8, 4) is 0 Å². The van der Waals surface area contributed by atoms with Gasteiger partial charge in [0.15, 0.2) is 9.84 Å². The molecular weight excluding hydrogens is 336 g/mol. The van der Waals surface area contributed by atoms with Gasteiger partial charge in [0.2, 0.25) is 0 Å². The van der Waals surface area contributed by atoms with E-state index >= 15 is 0 Å². The van der Waals surface area contributed by atoms with Crippen LogP contribution < -0.4 is 10.6 Å². The summed E-state index contributed by atoms with van der Waals surface area (Å²) >= 11 is 0. The molecule has 1 atom stereocenters. The summed E-state index contributed by atoms with van der Waals surface area (Å²) in [5.74, 6) is -0.260. The van der Waals surface area contributed by atoms with E-state index in [9.17, 15) is 13.2 Å². The van der Waals surface area contributed by atoms with E-state index in [4.69, 9.17) is 0 Å². The maximum atomic E-state index is 12.5. The molecule has 1 amide bonds. The van der Waals surface area contributed by atoms with Gasteiger partial charge in [-0.15, -0.1) is 0 Å². The molecule has 0 spiro atoms. The van der Waals surface area contributed by atoms with E-state index < -0.39 is 9.84 Å². The fourth-order valence-electron chi connectivity index (χ4n) is 2.25. The first-order valence-electron chi connectivity index (χ1n) is 8.15. The Morgan fingerprint density at radius 2 is 1.64 bits per heavy atom. The lowest BCUT2D eigenvalue weighted by molar-refractivity contribution is 0.0950. The van der Waals surface area contributed by atoms with Crippen molar-refractivity contribution in [1.29, 1.82) is 0 Å². The van der Waals surface area contributed by atoms with Gasteiger partial charge in [-0.25, -0.2) is 8.42 Å². The van der Waals surface area contributed by atoms with E-state index in [1.165, 1.54) is 0 Å². The molecule has 0 bridgehead atoms. The van der Waals surface area contributed by atoms with Gasteiger partial charge in [0.05, 0.1) is 10.6 Å². The van der Waals surface area contributed by atoms with Crippen molar-refractivity contribution in [1.82, 2.24) is 10.6 Å². The molecule has 0 radical (unpaired) electrons. The average molecular weight is 360 g/mol. The van der Waals surface area contributed by atoms with E-state index in [0.717, 1.165) is 5.56 Å². The lowest BCUT2D eigenvalue weighted by Crippen LogP contribution is -2.37. The van der Waals surface area contributed by atoms with Crippen LogP contribution in [0, 0.1) is 6.92 Å². The minimum Gasteiger partial charge on any atom is -0.350 e. The fourth-order valence-corrected chi connectivity index (χ4v) is 3.60. The molecule has 5 nitrogen and oxygen atoms in total. The molecule has 0 aliphatic carbocycles. The molecule has 6 heteroatoms. The molecule has 0 aliphatic heterocycles. The van der Waals surface area contributed by atoms with E-state index in [0.29, 0.717) is 22.6 Å².